The zero-order chi connectivity index (χ0) is 15.3. The van der Waals surface area contributed by atoms with E-state index in [2.05, 4.69) is 24.1 Å². The fourth-order valence-corrected chi connectivity index (χ4v) is 4.37. The summed E-state index contributed by atoms with van der Waals surface area (Å²) in [6.45, 7) is 4.15. The van der Waals surface area contributed by atoms with Gasteiger partial charge >= 0.3 is 5.97 Å². The van der Waals surface area contributed by atoms with Crippen molar-refractivity contribution in [3.63, 3.8) is 0 Å². The van der Waals surface area contributed by atoms with Gasteiger partial charge in [0.2, 0.25) is 0 Å². The summed E-state index contributed by atoms with van der Waals surface area (Å²) >= 11 is 1.83. The fourth-order valence-electron chi connectivity index (χ4n) is 3.06. The Kier molecular flexibility index (Phi) is 5.65. The summed E-state index contributed by atoms with van der Waals surface area (Å²) in [4.78, 5) is 17.6. The number of aromatic nitrogens is 1. The van der Waals surface area contributed by atoms with Gasteiger partial charge in [0.05, 0.1) is 7.11 Å². The lowest BCUT2D eigenvalue weighted by Crippen LogP contribution is -2.58. The maximum Gasteiger partial charge on any atom is 0.326 e. The molecule has 0 amide bonds. The molecule has 1 N–H and O–H groups in total. The lowest BCUT2D eigenvalue weighted by atomic mass is 9.81. The average molecular weight is 308 g/mol. The van der Waals surface area contributed by atoms with E-state index in [0.717, 1.165) is 25.7 Å². The number of hydrogen-bond donors (Lipinski definition) is 1. The van der Waals surface area contributed by atoms with Gasteiger partial charge in [-0.15, -0.1) is 11.8 Å². The van der Waals surface area contributed by atoms with Crippen molar-refractivity contribution in [2.45, 2.75) is 61.3 Å². The Bertz CT molecular complexity index is 467. The highest BCUT2D eigenvalue weighted by Crippen LogP contribution is 2.39. The first-order valence-electron chi connectivity index (χ1n) is 7.48. The van der Waals surface area contributed by atoms with Gasteiger partial charge in [-0.05, 0) is 51.7 Å². The van der Waals surface area contributed by atoms with E-state index in [1.807, 2.05) is 36.3 Å². The van der Waals surface area contributed by atoms with Crippen molar-refractivity contribution < 1.29 is 9.53 Å². The smallest absolute Gasteiger partial charge is 0.326 e. The van der Waals surface area contributed by atoms with Crippen molar-refractivity contribution >= 4 is 17.7 Å². The van der Waals surface area contributed by atoms with Crippen molar-refractivity contribution in [2.75, 3.05) is 7.11 Å². The molecular weight excluding hydrogens is 284 g/mol. The summed E-state index contributed by atoms with van der Waals surface area (Å²) in [7, 11) is 1.48. The molecular formula is C16H24N2O2S. The lowest BCUT2D eigenvalue weighted by Gasteiger charge is -2.40. The summed E-state index contributed by atoms with van der Waals surface area (Å²) < 4.78 is 5.07. The fraction of sp³-hybridized carbons (Fsp3) is 0.625. The van der Waals surface area contributed by atoms with Crippen molar-refractivity contribution in [1.29, 1.82) is 0 Å². The second kappa shape index (κ2) is 7.27. The molecule has 5 heteroatoms. The summed E-state index contributed by atoms with van der Waals surface area (Å²) in [6.07, 6.45) is 7.45. The number of rotatable bonds is 5. The van der Waals surface area contributed by atoms with Crippen LogP contribution in [0.4, 0.5) is 0 Å². The number of carbonyl (C=O) groups excluding carboxylic acids is 1. The largest absolute Gasteiger partial charge is 0.468 e. The number of carbonyl (C=O) groups is 1. The predicted octanol–water partition coefficient (Wildman–Crippen LogP) is 3.03. The normalized spacial score (nSPS) is 25.8. The van der Waals surface area contributed by atoms with E-state index in [0.29, 0.717) is 5.25 Å². The molecule has 2 unspecified atom stereocenters. The molecule has 0 aliphatic heterocycles. The van der Waals surface area contributed by atoms with E-state index in [-0.39, 0.29) is 12.0 Å². The minimum absolute atomic E-state index is 0.128. The lowest BCUT2D eigenvalue weighted by molar-refractivity contribution is -0.150. The molecule has 2 atom stereocenters. The van der Waals surface area contributed by atoms with Crippen LogP contribution in [0.2, 0.25) is 0 Å². The average Bonchev–Trinajstić information content (AvgIpc) is 2.47. The molecule has 116 valence electrons. The summed E-state index contributed by atoms with van der Waals surface area (Å²) in [6, 6.07) is 4.30. The van der Waals surface area contributed by atoms with Crippen molar-refractivity contribution in [3.05, 3.63) is 24.5 Å². The van der Waals surface area contributed by atoms with E-state index >= 15 is 0 Å². The minimum Gasteiger partial charge on any atom is -0.468 e. The van der Waals surface area contributed by atoms with Crippen LogP contribution in [0, 0.1) is 0 Å². The number of thioether (sulfide) groups is 1. The Labute approximate surface area is 131 Å². The molecule has 21 heavy (non-hydrogen) atoms. The third-order valence-corrected chi connectivity index (χ3v) is 5.08. The van der Waals surface area contributed by atoms with Gasteiger partial charge in [-0.25, -0.2) is 0 Å². The van der Waals surface area contributed by atoms with E-state index in [4.69, 9.17) is 4.74 Å². The first-order valence-corrected chi connectivity index (χ1v) is 8.36. The number of nitrogens with one attached hydrogen (secondary N) is 1. The Morgan fingerprint density at radius 1 is 1.48 bits per heavy atom. The van der Waals surface area contributed by atoms with E-state index in [9.17, 15) is 4.79 Å². The molecule has 0 bridgehead atoms. The monoisotopic (exact) mass is 308 g/mol. The maximum absolute atomic E-state index is 12.3. The number of ether oxygens (including phenoxy) is 1. The van der Waals surface area contributed by atoms with E-state index < -0.39 is 5.54 Å². The molecule has 1 aliphatic carbocycles. The molecule has 1 fully saturated rings. The molecule has 4 nitrogen and oxygen atoms in total. The molecule has 0 saturated heterocycles. The third kappa shape index (κ3) is 4.20. The van der Waals surface area contributed by atoms with Crippen LogP contribution in [0.3, 0.4) is 0 Å². The quantitative estimate of drug-likeness (QED) is 0.847. The third-order valence-electron chi connectivity index (χ3n) is 3.80. The summed E-state index contributed by atoms with van der Waals surface area (Å²) in [5.74, 6) is -0.128. The van der Waals surface area contributed by atoms with Crippen LogP contribution >= 0.6 is 11.8 Å². The number of esters is 1. The number of pyridine rings is 1. The Hall–Kier alpha value is -1.07. The molecule has 1 heterocycles. The summed E-state index contributed by atoms with van der Waals surface area (Å²) in [5, 5.41) is 3.88. The molecule has 2 rings (SSSR count). The Balaban J connectivity index is 2.10. The van der Waals surface area contributed by atoms with Gasteiger partial charge in [-0.1, -0.05) is 0 Å². The molecule has 0 aromatic carbocycles. The number of nitrogens with zero attached hydrogens (tertiary/aromatic N) is 1. The number of hydrogen-bond acceptors (Lipinski definition) is 5. The van der Waals surface area contributed by atoms with Gasteiger partial charge in [0.25, 0.3) is 0 Å². The zero-order valence-electron chi connectivity index (χ0n) is 13.0. The van der Waals surface area contributed by atoms with Gasteiger partial charge in [-0.3, -0.25) is 15.1 Å². The second-order valence-electron chi connectivity index (χ2n) is 5.89. The second-order valence-corrected chi connectivity index (χ2v) is 7.27. The predicted molar refractivity (Wildman–Crippen MR) is 85.4 cm³/mol. The standard InChI is InChI=1S/C16H24N2O2S/c1-12(2)18-16(15(19)20-3)8-4-5-14(11-16)21-13-6-9-17-10-7-13/h6-7,9-10,12,14,18H,4-5,8,11H2,1-3H3. The summed E-state index contributed by atoms with van der Waals surface area (Å²) in [5.41, 5.74) is -0.536. The Morgan fingerprint density at radius 3 is 2.81 bits per heavy atom. The van der Waals surface area contributed by atoms with Crippen molar-refractivity contribution in [3.8, 4) is 0 Å². The van der Waals surface area contributed by atoms with Crippen LogP contribution in [-0.4, -0.2) is 34.9 Å². The van der Waals surface area contributed by atoms with E-state index in [1.54, 1.807) is 0 Å². The Morgan fingerprint density at radius 2 is 2.19 bits per heavy atom. The first kappa shape index (κ1) is 16.3. The van der Waals surface area contributed by atoms with Gasteiger partial charge in [-0.2, -0.15) is 0 Å². The first-order chi connectivity index (χ1) is 10.1. The van der Waals surface area contributed by atoms with Gasteiger partial charge < -0.3 is 4.74 Å². The van der Waals surface area contributed by atoms with Crippen LogP contribution in [-0.2, 0) is 9.53 Å². The molecule has 1 aromatic heterocycles. The topological polar surface area (TPSA) is 51.2 Å². The van der Waals surface area contributed by atoms with Gasteiger partial charge in [0.15, 0.2) is 0 Å². The van der Waals surface area contributed by atoms with Crippen LogP contribution in [0.5, 0.6) is 0 Å². The molecule has 0 spiro atoms. The van der Waals surface area contributed by atoms with Crippen LogP contribution in [0.1, 0.15) is 39.5 Å². The van der Waals surface area contributed by atoms with Gasteiger partial charge in [0.1, 0.15) is 5.54 Å². The molecule has 1 aromatic rings. The molecule has 1 saturated carbocycles. The minimum atomic E-state index is -0.536. The van der Waals surface area contributed by atoms with Crippen LogP contribution in [0.25, 0.3) is 0 Å². The van der Waals surface area contributed by atoms with E-state index in [1.165, 1.54) is 12.0 Å². The molecule has 1 aliphatic rings. The van der Waals surface area contributed by atoms with Crippen LogP contribution in [0.15, 0.2) is 29.4 Å². The van der Waals surface area contributed by atoms with Crippen molar-refractivity contribution in [2.24, 2.45) is 0 Å². The maximum atomic E-state index is 12.3. The molecule has 0 radical (unpaired) electrons. The highest BCUT2D eigenvalue weighted by Gasteiger charge is 2.44. The zero-order valence-corrected chi connectivity index (χ0v) is 13.8. The number of methoxy groups -OCH3 is 1. The highest BCUT2D eigenvalue weighted by atomic mass is 32.2. The van der Waals surface area contributed by atoms with Crippen molar-refractivity contribution in [1.82, 2.24) is 10.3 Å². The van der Waals surface area contributed by atoms with Crippen LogP contribution < -0.4 is 5.32 Å². The van der Waals surface area contributed by atoms with Gasteiger partial charge in [0, 0.05) is 28.6 Å². The SMILES string of the molecule is COC(=O)C1(NC(C)C)CCCC(Sc2ccncc2)C1. The highest BCUT2D eigenvalue weighted by molar-refractivity contribution is 8.00.